The smallest absolute Gasteiger partial charge is 0.337 e. The minimum absolute atomic E-state index is 0.275. The van der Waals surface area contributed by atoms with Crippen LogP contribution in [0.15, 0.2) is 12.1 Å². The van der Waals surface area contributed by atoms with Gasteiger partial charge in [-0.25, -0.2) is 9.78 Å². The van der Waals surface area contributed by atoms with Gasteiger partial charge in [-0.05, 0) is 43.7 Å². The van der Waals surface area contributed by atoms with Gasteiger partial charge in [0.1, 0.15) is 5.82 Å². The van der Waals surface area contributed by atoms with E-state index in [1.165, 1.54) is 25.7 Å². The number of anilines is 1. The van der Waals surface area contributed by atoms with Gasteiger partial charge in [0.05, 0.1) is 11.3 Å². The van der Waals surface area contributed by atoms with Gasteiger partial charge in [-0.3, -0.25) is 0 Å². The number of aromatic carboxylic acids is 1. The molecule has 4 nitrogen and oxygen atoms in total. The lowest BCUT2D eigenvalue weighted by Crippen LogP contribution is -2.20. The fourth-order valence-electron chi connectivity index (χ4n) is 2.67. The van der Waals surface area contributed by atoms with E-state index in [9.17, 15) is 4.79 Å². The molecular formula is C15H22N2O2. The molecule has 1 aliphatic rings. The van der Waals surface area contributed by atoms with Gasteiger partial charge >= 0.3 is 5.97 Å². The van der Waals surface area contributed by atoms with Crippen molar-refractivity contribution in [2.45, 2.75) is 39.5 Å². The van der Waals surface area contributed by atoms with Crippen LogP contribution < -0.4 is 5.32 Å². The molecule has 104 valence electrons. The Labute approximate surface area is 114 Å². The zero-order valence-electron chi connectivity index (χ0n) is 11.6. The van der Waals surface area contributed by atoms with E-state index in [4.69, 9.17) is 5.11 Å². The number of aryl methyl sites for hydroxylation is 1. The summed E-state index contributed by atoms with van der Waals surface area (Å²) in [7, 11) is 0. The van der Waals surface area contributed by atoms with Gasteiger partial charge in [-0.15, -0.1) is 0 Å². The average Bonchev–Trinajstić information content (AvgIpc) is 2.37. The fourth-order valence-corrected chi connectivity index (χ4v) is 2.67. The summed E-state index contributed by atoms with van der Waals surface area (Å²) in [6.45, 7) is 4.99. The van der Waals surface area contributed by atoms with E-state index in [-0.39, 0.29) is 5.56 Å². The van der Waals surface area contributed by atoms with Crippen LogP contribution in [-0.2, 0) is 0 Å². The summed E-state index contributed by atoms with van der Waals surface area (Å²) in [5.74, 6) is 1.45. The molecule has 0 spiro atoms. The molecule has 1 fully saturated rings. The molecule has 1 saturated carbocycles. The number of hydrogen-bond acceptors (Lipinski definition) is 3. The topological polar surface area (TPSA) is 62.2 Å². The van der Waals surface area contributed by atoms with Crippen LogP contribution in [0.25, 0.3) is 0 Å². The van der Waals surface area contributed by atoms with Gasteiger partial charge in [0.25, 0.3) is 0 Å². The monoisotopic (exact) mass is 262 g/mol. The van der Waals surface area contributed by atoms with Crippen LogP contribution in [0.5, 0.6) is 0 Å². The minimum atomic E-state index is -0.919. The minimum Gasteiger partial charge on any atom is -0.478 e. The Balaban J connectivity index is 1.89. The van der Waals surface area contributed by atoms with Crippen LogP contribution in [0.1, 0.15) is 48.7 Å². The number of nitrogens with one attached hydrogen (secondary N) is 1. The predicted molar refractivity (Wildman–Crippen MR) is 75.5 cm³/mol. The number of nitrogens with zero attached hydrogens (tertiary/aromatic N) is 1. The molecule has 0 amide bonds. The van der Waals surface area contributed by atoms with Crippen molar-refractivity contribution < 1.29 is 9.90 Å². The van der Waals surface area contributed by atoms with Crippen LogP contribution in [0.2, 0.25) is 0 Å². The third kappa shape index (κ3) is 3.69. The van der Waals surface area contributed by atoms with Crippen molar-refractivity contribution in [2.75, 3.05) is 11.9 Å². The highest BCUT2D eigenvalue weighted by molar-refractivity contribution is 5.89. The first-order chi connectivity index (χ1) is 9.06. The summed E-state index contributed by atoms with van der Waals surface area (Å²) in [4.78, 5) is 15.2. The van der Waals surface area contributed by atoms with Gasteiger partial charge in [0.15, 0.2) is 0 Å². The summed E-state index contributed by atoms with van der Waals surface area (Å²) in [5.41, 5.74) is 0.840. The summed E-state index contributed by atoms with van der Waals surface area (Å²) >= 11 is 0. The van der Waals surface area contributed by atoms with Crippen molar-refractivity contribution in [1.29, 1.82) is 0 Å². The lowest BCUT2D eigenvalue weighted by atomic mass is 9.83. The average molecular weight is 262 g/mol. The Hall–Kier alpha value is -1.58. The Bertz CT molecular complexity index is 451. The van der Waals surface area contributed by atoms with Gasteiger partial charge in [0.2, 0.25) is 0 Å². The maximum absolute atomic E-state index is 10.9. The van der Waals surface area contributed by atoms with Crippen LogP contribution >= 0.6 is 0 Å². The van der Waals surface area contributed by atoms with E-state index < -0.39 is 5.97 Å². The maximum Gasteiger partial charge on any atom is 0.337 e. The number of carbonyl (C=O) groups is 1. The van der Waals surface area contributed by atoms with E-state index in [0.717, 1.165) is 24.2 Å². The lowest BCUT2D eigenvalue weighted by molar-refractivity contribution is 0.0695. The number of hydrogen-bond donors (Lipinski definition) is 2. The molecule has 0 atom stereocenters. The first kappa shape index (κ1) is 13.8. The van der Waals surface area contributed by atoms with Crippen molar-refractivity contribution >= 4 is 11.8 Å². The maximum atomic E-state index is 10.9. The first-order valence-corrected chi connectivity index (χ1v) is 7.01. The number of pyridine rings is 1. The molecule has 1 aromatic rings. The van der Waals surface area contributed by atoms with Crippen molar-refractivity contribution in [3.8, 4) is 0 Å². The second kappa shape index (κ2) is 6.04. The van der Waals surface area contributed by atoms with Crippen LogP contribution in [0.3, 0.4) is 0 Å². The quantitative estimate of drug-likeness (QED) is 0.873. The molecule has 2 rings (SSSR count). The molecule has 0 bridgehead atoms. The zero-order chi connectivity index (χ0) is 13.8. The van der Waals surface area contributed by atoms with Gasteiger partial charge < -0.3 is 10.4 Å². The molecule has 1 aromatic heterocycles. The van der Waals surface area contributed by atoms with Crippen LogP contribution in [0.4, 0.5) is 5.82 Å². The van der Waals surface area contributed by atoms with Crippen LogP contribution in [0, 0.1) is 18.8 Å². The highest BCUT2D eigenvalue weighted by Crippen LogP contribution is 2.28. The first-order valence-electron chi connectivity index (χ1n) is 7.01. The van der Waals surface area contributed by atoms with E-state index in [1.807, 2.05) is 0 Å². The second-order valence-corrected chi connectivity index (χ2v) is 5.64. The SMILES string of the molecule is Cc1nc(NCC2CCC(C)CC2)ccc1C(=O)O. The molecule has 1 heterocycles. The molecule has 4 heteroatoms. The third-order valence-electron chi connectivity index (χ3n) is 4.02. The molecule has 0 unspecified atom stereocenters. The molecule has 1 aliphatic carbocycles. The summed E-state index contributed by atoms with van der Waals surface area (Å²) < 4.78 is 0. The summed E-state index contributed by atoms with van der Waals surface area (Å²) in [6, 6.07) is 3.37. The molecule has 0 aromatic carbocycles. The van der Waals surface area contributed by atoms with E-state index in [1.54, 1.807) is 19.1 Å². The Morgan fingerprint density at radius 3 is 2.63 bits per heavy atom. The molecule has 0 saturated heterocycles. The van der Waals surface area contributed by atoms with Crippen molar-refractivity contribution in [3.05, 3.63) is 23.4 Å². The fraction of sp³-hybridized carbons (Fsp3) is 0.600. The van der Waals surface area contributed by atoms with Crippen molar-refractivity contribution in [2.24, 2.45) is 11.8 Å². The van der Waals surface area contributed by atoms with E-state index in [2.05, 4.69) is 17.2 Å². The highest BCUT2D eigenvalue weighted by Gasteiger charge is 2.18. The van der Waals surface area contributed by atoms with Gasteiger partial charge in [-0.2, -0.15) is 0 Å². The Kier molecular flexibility index (Phi) is 4.40. The van der Waals surface area contributed by atoms with Gasteiger partial charge in [-0.1, -0.05) is 19.8 Å². The van der Waals surface area contributed by atoms with E-state index >= 15 is 0 Å². The number of carboxylic acids is 1. The Morgan fingerprint density at radius 2 is 2.05 bits per heavy atom. The largest absolute Gasteiger partial charge is 0.478 e. The van der Waals surface area contributed by atoms with Crippen LogP contribution in [-0.4, -0.2) is 22.6 Å². The predicted octanol–water partition coefficient (Wildman–Crippen LogP) is 3.33. The Morgan fingerprint density at radius 1 is 1.37 bits per heavy atom. The second-order valence-electron chi connectivity index (χ2n) is 5.64. The highest BCUT2D eigenvalue weighted by atomic mass is 16.4. The number of aromatic nitrogens is 1. The standard InChI is InChI=1S/C15H22N2O2/c1-10-3-5-12(6-4-10)9-16-14-8-7-13(15(18)19)11(2)17-14/h7-8,10,12H,3-6,9H2,1-2H3,(H,16,17)(H,18,19). The lowest BCUT2D eigenvalue weighted by Gasteiger charge is -2.26. The number of carboxylic acid groups (broad SMARTS) is 1. The molecule has 0 radical (unpaired) electrons. The molecule has 0 aliphatic heterocycles. The molecule has 2 N–H and O–H groups in total. The summed E-state index contributed by atoms with van der Waals surface area (Å²) in [6.07, 6.45) is 5.19. The third-order valence-corrected chi connectivity index (χ3v) is 4.02. The van der Waals surface area contributed by atoms with Gasteiger partial charge in [0, 0.05) is 6.54 Å². The molecular weight excluding hydrogens is 240 g/mol. The van der Waals surface area contributed by atoms with E-state index in [0.29, 0.717) is 5.69 Å². The van der Waals surface area contributed by atoms with Crippen molar-refractivity contribution in [1.82, 2.24) is 4.98 Å². The normalized spacial score (nSPS) is 23.1. The van der Waals surface area contributed by atoms with Crippen molar-refractivity contribution in [3.63, 3.8) is 0 Å². The number of rotatable bonds is 4. The zero-order valence-corrected chi connectivity index (χ0v) is 11.6. The summed E-state index contributed by atoms with van der Waals surface area (Å²) in [5, 5.41) is 12.3. The molecule has 19 heavy (non-hydrogen) atoms.